The number of likely N-dealkylation sites (tertiary alicyclic amines) is 1. The Kier molecular flexibility index (Phi) is 6.20. The SMILES string of the molecule is CN(C(=O)C1=NCCN=C1NC(=O)N1CCCCC1C(=O)O)C1CC2=C(CCC=C2)C1. The molecule has 0 aromatic rings. The second kappa shape index (κ2) is 9.03. The first kappa shape index (κ1) is 21.3. The van der Waals surface area contributed by atoms with E-state index in [1.54, 1.807) is 11.9 Å². The van der Waals surface area contributed by atoms with Gasteiger partial charge < -0.3 is 14.9 Å². The molecule has 4 aliphatic rings. The van der Waals surface area contributed by atoms with Crippen LogP contribution < -0.4 is 5.32 Å². The number of carboxylic acids is 1. The largest absolute Gasteiger partial charge is 0.480 e. The Balaban J connectivity index is 1.43. The number of aliphatic imine (C=N–C) groups is 2. The monoisotopic (exact) mass is 427 g/mol. The van der Waals surface area contributed by atoms with E-state index in [0.29, 0.717) is 26.1 Å². The van der Waals surface area contributed by atoms with Gasteiger partial charge in [0.2, 0.25) is 0 Å². The summed E-state index contributed by atoms with van der Waals surface area (Å²) in [6.45, 7) is 1.13. The van der Waals surface area contributed by atoms with Crippen molar-refractivity contribution in [2.24, 2.45) is 9.98 Å². The van der Waals surface area contributed by atoms with Crippen molar-refractivity contribution in [1.82, 2.24) is 15.1 Å². The molecule has 2 N–H and O–H groups in total. The molecule has 1 fully saturated rings. The average molecular weight is 428 g/mol. The van der Waals surface area contributed by atoms with Gasteiger partial charge in [-0.05, 0) is 50.5 Å². The quantitative estimate of drug-likeness (QED) is 0.714. The van der Waals surface area contributed by atoms with E-state index in [4.69, 9.17) is 0 Å². The summed E-state index contributed by atoms with van der Waals surface area (Å²) in [7, 11) is 1.77. The lowest BCUT2D eigenvalue weighted by Gasteiger charge is -2.33. The number of amides is 3. The zero-order valence-corrected chi connectivity index (χ0v) is 17.8. The van der Waals surface area contributed by atoms with Crippen LogP contribution >= 0.6 is 0 Å². The highest BCUT2D eigenvalue weighted by Gasteiger charge is 2.36. The molecular weight excluding hydrogens is 398 g/mol. The van der Waals surface area contributed by atoms with Crippen LogP contribution in [0, 0.1) is 0 Å². The Bertz CT molecular complexity index is 904. The maximum absolute atomic E-state index is 13.3. The van der Waals surface area contributed by atoms with Gasteiger partial charge in [0.05, 0.1) is 13.1 Å². The number of amidine groups is 1. The fraction of sp³-hybridized carbons (Fsp3) is 0.591. The maximum atomic E-state index is 13.3. The molecule has 31 heavy (non-hydrogen) atoms. The van der Waals surface area contributed by atoms with Gasteiger partial charge in [-0.25, -0.2) is 9.59 Å². The summed E-state index contributed by atoms with van der Waals surface area (Å²) < 4.78 is 0. The van der Waals surface area contributed by atoms with E-state index in [0.717, 1.165) is 38.5 Å². The van der Waals surface area contributed by atoms with Crippen molar-refractivity contribution in [3.63, 3.8) is 0 Å². The molecule has 4 rings (SSSR count). The number of nitrogens with zero attached hydrogens (tertiary/aromatic N) is 4. The van der Waals surface area contributed by atoms with Gasteiger partial charge in [0, 0.05) is 19.6 Å². The third-order valence-electron chi connectivity index (χ3n) is 6.53. The molecule has 2 aliphatic carbocycles. The Morgan fingerprint density at radius 3 is 2.77 bits per heavy atom. The van der Waals surface area contributed by atoms with Crippen LogP contribution in [0.2, 0.25) is 0 Å². The van der Waals surface area contributed by atoms with Gasteiger partial charge in [-0.1, -0.05) is 17.7 Å². The minimum Gasteiger partial charge on any atom is -0.480 e. The maximum Gasteiger partial charge on any atom is 0.326 e. The van der Waals surface area contributed by atoms with Crippen molar-refractivity contribution < 1.29 is 19.5 Å². The van der Waals surface area contributed by atoms with Crippen LogP contribution in [0.5, 0.6) is 0 Å². The molecule has 0 radical (unpaired) electrons. The Morgan fingerprint density at radius 1 is 1.19 bits per heavy atom. The number of nitrogens with one attached hydrogen (secondary N) is 1. The van der Waals surface area contributed by atoms with E-state index in [-0.39, 0.29) is 23.5 Å². The third-order valence-corrected chi connectivity index (χ3v) is 6.53. The van der Waals surface area contributed by atoms with E-state index in [1.807, 2.05) is 0 Å². The molecule has 9 heteroatoms. The Morgan fingerprint density at radius 2 is 2.00 bits per heavy atom. The first-order valence-corrected chi connectivity index (χ1v) is 11.0. The molecule has 166 valence electrons. The number of aliphatic carboxylic acids is 1. The number of carboxylic acid groups (broad SMARTS) is 1. The topological polar surface area (TPSA) is 115 Å². The Hall–Kier alpha value is -2.97. The van der Waals surface area contributed by atoms with E-state index in [1.165, 1.54) is 16.0 Å². The fourth-order valence-electron chi connectivity index (χ4n) is 4.77. The van der Waals surface area contributed by atoms with Crippen LogP contribution in [0.25, 0.3) is 0 Å². The summed E-state index contributed by atoms with van der Waals surface area (Å²) in [5.74, 6) is -1.14. The lowest BCUT2D eigenvalue weighted by atomic mass is 10.0. The van der Waals surface area contributed by atoms with Gasteiger partial charge in [0.25, 0.3) is 5.91 Å². The number of urea groups is 1. The summed E-state index contributed by atoms with van der Waals surface area (Å²) >= 11 is 0. The second-order valence-electron chi connectivity index (χ2n) is 8.48. The van der Waals surface area contributed by atoms with Crippen LogP contribution in [0.3, 0.4) is 0 Å². The summed E-state index contributed by atoms with van der Waals surface area (Å²) in [6.07, 6.45) is 10.1. The number of piperidine rings is 1. The predicted octanol–water partition coefficient (Wildman–Crippen LogP) is 1.76. The van der Waals surface area contributed by atoms with E-state index in [2.05, 4.69) is 27.5 Å². The van der Waals surface area contributed by atoms with Crippen molar-refractivity contribution in [3.8, 4) is 0 Å². The minimum atomic E-state index is -1.02. The molecule has 0 spiro atoms. The molecule has 2 atom stereocenters. The normalized spacial score (nSPS) is 25.5. The highest BCUT2D eigenvalue weighted by molar-refractivity contribution is 6.67. The van der Waals surface area contributed by atoms with Gasteiger partial charge in [-0.15, -0.1) is 0 Å². The van der Waals surface area contributed by atoms with E-state index in [9.17, 15) is 19.5 Å². The van der Waals surface area contributed by atoms with Crippen molar-refractivity contribution in [1.29, 1.82) is 0 Å². The first-order chi connectivity index (χ1) is 15.0. The zero-order valence-electron chi connectivity index (χ0n) is 17.8. The zero-order chi connectivity index (χ0) is 22.0. The summed E-state index contributed by atoms with van der Waals surface area (Å²) in [5, 5.41) is 12.1. The lowest BCUT2D eigenvalue weighted by molar-refractivity contribution is -0.143. The fourth-order valence-corrected chi connectivity index (χ4v) is 4.77. The molecule has 3 amide bonds. The molecular formula is C22H29N5O4. The number of allylic oxidation sites excluding steroid dienone is 2. The van der Waals surface area contributed by atoms with Crippen molar-refractivity contribution >= 4 is 29.5 Å². The molecule has 0 aromatic carbocycles. The van der Waals surface area contributed by atoms with Crippen LogP contribution in [-0.2, 0) is 9.59 Å². The highest BCUT2D eigenvalue weighted by atomic mass is 16.4. The molecule has 2 aliphatic heterocycles. The summed E-state index contributed by atoms with van der Waals surface area (Å²) in [5.41, 5.74) is 2.89. The average Bonchev–Trinajstić information content (AvgIpc) is 3.22. The number of hydrogen-bond acceptors (Lipinski definition) is 5. The van der Waals surface area contributed by atoms with Crippen LogP contribution in [0.15, 0.2) is 33.3 Å². The van der Waals surface area contributed by atoms with Crippen LogP contribution in [0.1, 0.15) is 44.9 Å². The number of carbonyl (C=O) groups is 3. The number of rotatable bonds is 3. The molecule has 2 unspecified atom stereocenters. The number of carbonyl (C=O) groups excluding carboxylic acids is 2. The van der Waals surface area contributed by atoms with Gasteiger partial charge in [0.15, 0.2) is 11.5 Å². The Labute approximate surface area is 181 Å². The molecule has 1 saturated heterocycles. The van der Waals surface area contributed by atoms with Crippen LogP contribution in [-0.4, -0.2) is 83.1 Å². The van der Waals surface area contributed by atoms with Crippen molar-refractivity contribution in [2.75, 3.05) is 26.7 Å². The molecule has 0 bridgehead atoms. The molecule has 9 nitrogen and oxygen atoms in total. The molecule has 0 aromatic heterocycles. The second-order valence-corrected chi connectivity index (χ2v) is 8.48. The first-order valence-electron chi connectivity index (χ1n) is 11.0. The molecule has 0 saturated carbocycles. The summed E-state index contributed by atoms with van der Waals surface area (Å²) in [4.78, 5) is 49.3. The van der Waals surface area contributed by atoms with Crippen molar-refractivity contribution in [3.05, 3.63) is 23.3 Å². The van der Waals surface area contributed by atoms with Crippen LogP contribution in [0.4, 0.5) is 4.79 Å². The highest BCUT2D eigenvalue weighted by Crippen LogP contribution is 2.35. The van der Waals surface area contributed by atoms with Crippen molar-refractivity contribution in [2.45, 2.75) is 57.0 Å². The van der Waals surface area contributed by atoms with E-state index < -0.39 is 18.0 Å². The number of hydrogen-bond donors (Lipinski definition) is 2. The van der Waals surface area contributed by atoms with Gasteiger partial charge in [-0.3, -0.25) is 20.1 Å². The van der Waals surface area contributed by atoms with E-state index >= 15 is 0 Å². The standard InChI is InChI=1S/C22H29N5O4/c1-26(16-12-14-6-2-3-7-15(14)13-16)20(28)18-19(24-10-9-23-18)25-22(31)27-11-5-4-8-17(27)21(29)30/h2,6,16-17H,3-5,7-13H2,1H3,(H,29,30)(H,24,25,31). The third kappa shape index (κ3) is 4.40. The van der Waals surface area contributed by atoms with Gasteiger partial charge >= 0.3 is 12.0 Å². The minimum absolute atomic E-state index is 0.0697. The van der Waals surface area contributed by atoms with Gasteiger partial charge in [0.1, 0.15) is 6.04 Å². The predicted molar refractivity (Wildman–Crippen MR) is 116 cm³/mol. The van der Waals surface area contributed by atoms with Gasteiger partial charge in [-0.2, -0.15) is 0 Å². The smallest absolute Gasteiger partial charge is 0.326 e. The lowest BCUT2D eigenvalue weighted by Crippen LogP contribution is -2.56. The molecule has 2 heterocycles. The summed E-state index contributed by atoms with van der Waals surface area (Å²) in [6, 6.07) is -1.33.